The van der Waals surface area contributed by atoms with Gasteiger partial charge < -0.3 is 20.7 Å². The van der Waals surface area contributed by atoms with Gasteiger partial charge in [-0.05, 0) is 38.0 Å². The van der Waals surface area contributed by atoms with Gasteiger partial charge in [0.15, 0.2) is 0 Å². The third-order valence-electron chi connectivity index (χ3n) is 3.74. The summed E-state index contributed by atoms with van der Waals surface area (Å²) in [6.45, 7) is 2.92. The molecule has 3 amide bonds. The topological polar surface area (TPSA) is 102 Å². The first-order valence-corrected chi connectivity index (χ1v) is 7.63. The minimum atomic E-state index is -0.435. The van der Waals surface area contributed by atoms with Crippen LogP contribution in [0.2, 0.25) is 0 Å². The Hall–Kier alpha value is -2.57. The summed E-state index contributed by atoms with van der Waals surface area (Å²) in [5.41, 5.74) is 6.19. The zero-order valence-corrected chi connectivity index (χ0v) is 13.1. The Morgan fingerprint density at radius 3 is 2.87 bits per heavy atom. The Bertz CT molecular complexity index is 603. The molecule has 1 saturated heterocycles. The second-order valence-electron chi connectivity index (χ2n) is 5.42. The molecule has 2 rings (SSSR count). The molecular weight excluding hydrogens is 298 g/mol. The minimum Gasteiger partial charge on any atom is -0.462 e. The van der Waals surface area contributed by atoms with E-state index in [0.29, 0.717) is 30.8 Å². The molecular formula is C16H21N3O4. The third kappa shape index (κ3) is 4.45. The van der Waals surface area contributed by atoms with Crippen LogP contribution >= 0.6 is 0 Å². The van der Waals surface area contributed by atoms with Crippen molar-refractivity contribution in [2.24, 2.45) is 11.7 Å². The molecule has 1 heterocycles. The van der Waals surface area contributed by atoms with E-state index in [1.165, 1.54) is 0 Å². The third-order valence-corrected chi connectivity index (χ3v) is 3.74. The lowest BCUT2D eigenvalue weighted by molar-refractivity contribution is -0.123. The van der Waals surface area contributed by atoms with Crippen LogP contribution in [0.3, 0.4) is 0 Å². The van der Waals surface area contributed by atoms with Gasteiger partial charge in [-0.2, -0.15) is 0 Å². The molecule has 0 bridgehead atoms. The maximum absolute atomic E-state index is 12.3. The Kier molecular flexibility index (Phi) is 5.56. The number of nitrogens with zero attached hydrogens (tertiary/aromatic N) is 1. The molecule has 0 aromatic heterocycles. The lowest BCUT2D eigenvalue weighted by atomic mass is 9.98. The quantitative estimate of drug-likeness (QED) is 0.823. The number of amides is 3. The average Bonchev–Trinajstić information content (AvgIpc) is 2.55. The highest BCUT2D eigenvalue weighted by molar-refractivity contribution is 5.94. The fourth-order valence-electron chi connectivity index (χ4n) is 2.53. The van der Waals surface area contributed by atoms with Crippen LogP contribution in [-0.2, 0) is 9.53 Å². The number of nitrogens with two attached hydrogens (primary N) is 1. The molecule has 1 aliphatic rings. The normalized spacial score (nSPS) is 17.4. The van der Waals surface area contributed by atoms with E-state index < -0.39 is 5.97 Å². The number of piperidine rings is 1. The van der Waals surface area contributed by atoms with Crippen molar-refractivity contribution in [3.05, 3.63) is 29.8 Å². The fourth-order valence-corrected chi connectivity index (χ4v) is 2.53. The number of ether oxygens (including phenoxy) is 1. The van der Waals surface area contributed by atoms with Crippen LogP contribution < -0.4 is 11.1 Å². The Morgan fingerprint density at radius 2 is 2.17 bits per heavy atom. The Balaban J connectivity index is 2.01. The Labute approximate surface area is 134 Å². The first-order chi connectivity index (χ1) is 11.0. The number of carbonyl (C=O) groups is 3. The summed E-state index contributed by atoms with van der Waals surface area (Å²) < 4.78 is 4.93. The van der Waals surface area contributed by atoms with Crippen molar-refractivity contribution in [3.63, 3.8) is 0 Å². The van der Waals surface area contributed by atoms with Gasteiger partial charge in [-0.1, -0.05) is 6.07 Å². The smallest absolute Gasteiger partial charge is 0.338 e. The zero-order valence-electron chi connectivity index (χ0n) is 13.1. The van der Waals surface area contributed by atoms with Crippen molar-refractivity contribution in [2.45, 2.75) is 19.8 Å². The van der Waals surface area contributed by atoms with Gasteiger partial charge in [0.2, 0.25) is 5.91 Å². The fraction of sp³-hybridized carbons (Fsp3) is 0.438. The molecule has 0 saturated carbocycles. The molecule has 1 aliphatic heterocycles. The molecule has 0 spiro atoms. The largest absolute Gasteiger partial charge is 0.462 e. The van der Waals surface area contributed by atoms with Gasteiger partial charge >= 0.3 is 12.0 Å². The molecule has 124 valence electrons. The average molecular weight is 319 g/mol. The highest BCUT2D eigenvalue weighted by Crippen LogP contribution is 2.18. The summed E-state index contributed by atoms with van der Waals surface area (Å²) in [6, 6.07) is 6.24. The standard InChI is InChI=1S/C16H21N3O4/c1-2-23-15(21)11-5-3-7-13(9-11)18-16(22)19-8-4-6-12(10-19)14(17)20/h3,5,7,9,12H,2,4,6,8,10H2,1H3,(H2,17,20)(H,18,22)/t12-/m0/s1. The minimum absolute atomic E-state index is 0.289. The molecule has 1 aromatic carbocycles. The van der Waals surface area contributed by atoms with E-state index in [1.807, 2.05) is 0 Å². The van der Waals surface area contributed by atoms with E-state index in [2.05, 4.69) is 5.32 Å². The van der Waals surface area contributed by atoms with Crippen molar-refractivity contribution < 1.29 is 19.1 Å². The van der Waals surface area contributed by atoms with Crippen LogP contribution in [0.25, 0.3) is 0 Å². The van der Waals surface area contributed by atoms with Crippen molar-refractivity contribution >= 4 is 23.6 Å². The number of nitrogens with one attached hydrogen (secondary N) is 1. The molecule has 7 nitrogen and oxygen atoms in total. The number of hydrogen-bond acceptors (Lipinski definition) is 4. The summed E-state index contributed by atoms with van der Waals surface area (Å²) in [4.78, 5) is 36.8. The molecule has 1 aromatic rings. The molecule has 0 radical (unpaired) electrons. The van der Waals surface area contributed by atoms with Gasteiger partial charge in [-0.15, -0.1) is 0 Å². The summed E-state index contributed by atoms with van der Waals surface area (Å²) >= 11 is 0. The van der Waals surface area contributed by atoms with Crippen LogP contribution in [0.4, 0.5) is 10.5 Å². The van der Waals surface area contributed by atoms with Gasteiger partial charge in [-0.3, -0.25) is 4.79 Å². The SMILES string of the molecule is CCOC(=O)c1cccc(NC(=O)N2CCC[C@H](C(N)=O)C2)c1. The predicted molar refractivity (Wildman–Crippen MR) is 84.9 cm³/mol. The second kappa shape index (κ2) is 7.62. The molecule has 23 heavy (non-hydrogen) atoms. The van der Waals surface area contributed by atoms with Crippen LogP contribution in [0.1, 0.15) is 30.1 Å². The number of esters is 1. The zero-order chi connectivity index (χ0) is 16.8. The molecule has 1 atom stereocenters. The lowest BCUT2D eigenvalue weighted by Crippen LogP contribution is -2.45. The van der Waals surface area contributed by atoms with Crippen LogP contribution in [0.5, 0.6) is 0 Å². The number of rotatable bonds is 4. The van der Waals surface area contributed by atoms with E-state index in [1.54, 1.807) is 36.1 Å². The monoisotopic (exact) mass is 319 g/mol. The maximum Gasteiger partial charge on any atom is 0.338 e. The summed E-state index contributed by atoms with van der Waals surface area (Å²) in [5.74, 6) is -1.12. The highest BCUT2D eigenvalue weighted by Gasteiger charge is 2.27. The maximum atomic E-state index is 12.3. The summed E-state index contributed by atoms with van der Waals surface area (Å²) in [5, 5.41) is 2.74. The summed E-state index contributed by atoms with van der Waals surface area (Å²) in [6.07, 6.45) is 1.45. The molecule has 0 aliphatic carbocycles. The number of primary amides is 1. The Morgan fingerprint density at radius 1 is 1.39 bits per heavy atom. The summed E-state index contributed by atoms with van der Waals surface area (Å²) in [7, 11) is 0. The van der Waals surface area contributed by atoms with Crippen LogP contribution in [0.15, 0.2) is 24.3 Å². The van der Waals surface area contributed by atoms with Crippen LogP contribution in [0, 0.1) is 5.92 Å². The molecule has 0 unspecified atom stereocenters. The van der Waals surface area contributed by atoms with Crippen molar-refractivity contribution in [1.29, 1.82) is 0 Å². The number of hydrogen-bond donors (Lipinski definition) is 2. The van der Waals surface area contributed by atoms with Gasteiger partial charge in [0.1, 0.15) is 0 Å². The number of carbonyl (C=O) groups excluding carboxylic acids is 3. The number of likely N-dealkylation sites (tertiary alicyclic amines) is 1. The number of anilines is 1. The highest BCUT2D eigenvalue weighted by atomic mass is 16.5. The number of urea groups is 1. The second-order valence-corrected chi connectivity index (χ2v) is 5.42. The molecule has 7 heteroatoms. The van der Waals surface area contributed by atoms with E-state index in [-0.39, 0.29) is 24.5 Å². The van der Waals surface area contributed by atoms with Crippen molar-refractivity contribution in [3.8, 4) is 0 Å². The first-order valence-electron chi connectivity index (χ1n) is 7.63. The van der Waals surface area contributed by atoms with E-state index in [9.17, 15) is 14.4 Å². The lowest BCUT2D eigenvalue weighted by Gasteiger charge is -2.31. The van der Waals surface area contributed by atoms with E-state index in [0.717, 1.165) is 6.42 Å². The van der Waals surface area contributed by atoms with Crippen molar-refractivity contribution in [1.82, 2.24) is 4.90 Å². The predicted octanol–water partition coefficient (Wildman–Crippen LogP) is 1.59. The van der Waals surface area contributed by atoms with Gasteiger partial charge in [0.25, 0.3) is 0 Å². The first kappa shape index (κ1) is 16.8. The van der Waals surface area contributed by atoms with E-state index >= 15 is 0 Å². The van der Waals surface area contributed by atoms with Gasteiger partial charge in [0.05, 0.1) is 18.1 Å². The van der Waals surface area contributed by atoms with Gasteiger partial charge in [0, 0.05) is 18.8 Å². The van der Waals surface area contributed by atoms with Crippen molar-refractivity contribution in [2.75, 3.05) is 25.0 Å². The molecule has 3 N–H and O–H groups in total. The van der Waals surface area contributed by atoms with Crippen LogP contribution in [-0.4, -0.2) is 42.5 Å². The molecule has 1 fully saturated rings. The van der Waals surface area contributed by atoms with Gasteiger partial charge in [-0.25, -0.2) is 9.59 Å². The van der Waals surface area contributed by atoms with E-state index in [4.69, 9.17) is 10.5 Å². The number of benzene rings is 1.